The van der Waals surface area contributed by atoms with Crippen molar-refractivity contribution in [1.29, 1.82) is 0 Å². The first-order chi connectivity index (χ1) is 9.83. The van der Waals surface area contributed by atoms with Crippen LogP contribution < -0.4 is 0 Å². The van der Waals surface area contributed by atoms with Gasteiger partial charge in [-0.15, -0.1) is 13.2 Å². The minimum absolute atomic E-state index is 0. The molecule has 0 bridgehead atoms. The Morgan fingerprint density at radius 1 is 1.15 bits per heavy atom. The molecule has 2 rings (SSSR count). The molecule has 0 saturated carbocycles. The molecule has 108 valence electrons. The third-order valence-corrected chi connectivity index (χ3v) is 3.61. The van der Waals surface area contributed by atoms with E-state index >= 15 is 0 Å². The smallest absolute Gasteiger partial charge is 0.106 e. The SMILES string of the molecule is C=CCC(C=C)(C1=CCCC=C1)c1ccccc1.C=O.[HH].[HH]. The lowest BCUT2D eigenvalue weighted by Gasteiger charge is -2.33. The maximum atomic E-state index is 8.00. The minimum Gasteiger partial charge on any atom is -0.307 e. The molecular weight excluding hydrogens is 244 g/mol. The maximum Gasteiger partial charge on any atom is 0.106 e. The third kappa shape index (κ3) is 3.24. The molecule has 1 heteroatoms. The van der Waals surface area contributed by atoms with E-state index in [-0.39, 0.29) is 8.27 Å². The Balaban J connectivity index is 0. The van der Waals surface area contributed by atoms with Crippen molar-refractivity contribution < 1.29 is 7.65 Å². The van der Waals surface area contributed by atoms with Crippen molar-refractivity contribution >= 4 is 6.79 Å². The first-order valence-electron chi connectivity index (χ1n) is 6.79. The first kappa shape index (κ1) is 15.9. The molecule has 1 atom stereocenters. The van der Waals surface area contributed by atoms with Gasteiger partial charge in [-0.2, -0.15) is 0 Å². The van der Waals surface area contributed by atoms with Crippen molar-refractivity contribution in [2.75, 3.05) is 0 Å². The number of hydrogen-bond acceptors (Lipinski definition) is 1. The van der Waals surface area contributed by atoms with Gasteiger partial charge >= 0.3 is 0 Å². The largest absolute Gasteiger partial charge is 0.307 e. The highest BCUT2D eigenvalue weighted by molar-refractivity contribution is 5.47. The summed E-state index contributed by atoms with van der Waals surface area (Å²) in [5, 5.41) is 0. The standard InChI is InChI=1S/C18H20.CH2O.2H2/c1-3-15-18(4-2,16-11-7-5-8-12-16)17-13-9-6-10-14-17;1-2;;/h3-5,7-9,11-14H,1-2,6,10,15H2;1H2;2*1H. The molecule has 1 nitrogen and oxygen atoms in total. The first-order valence-corrected chi connectivity index (χ1v) is 6.79. The van der Waals surface area contributed by atoms with Crippen molar-refractivity contribution in [2.24, 2.45) is 0 Å². The van der Waals surface area contributed by atoms with Crippen LogP contribution in [0.15, 0.2) is 79.4 Å². The zero-order chi connectivity index (χ0) is 14.8. The summed E-state index contributed by atoms with van der Waals surface area (Å²) < 4.78 is 0. The fraction of sp³-hybridized carbons (Fsp3) is 0.211. The van der Waals surface area contributed by atoms with E-state index in [9.17, 15) is 0 Å². The van der Waals surface area contributed by atoms with Crippen LogP contribution in [0, 0.1) is 0 Å². The number of hydrogen-bond donors (Lipinski definition) is 0. The number of carbonyl (C=O) groups excluding carboxylic acids is 1. The number of carbonyl (C=O) groups is 1. The molecule has 1 unspecified atom stereocenters. The highest BCUT2D eigenvalue weighted by atomic mass is 16.1. The molecule has 0 heterocycles. The second-order valence-electron chi connectivity index (χ2n) is 4.67. The van der Waals surface area contributed by atoms with E-state index < -0.39 is 0 Å². The Hall–Kier alpha value is -2.15. The fourth-order valence-corrected chi connectivity index (χ4v) is 2.63. The summed E-state index contributed by atoms with van der Waals surface area (Å²) >= 11 is 0. The average molecular weight is 270 g/mol. The number of allylic oxidation sites excluding steroid dienone is 6. The second-order valence-corrected chi connectivity index (χ2v) is 4.67. The van der Waals surface area contributed by atoms with E-state index in [1.165, 1.54) is 11.1 Å². The summed E-state index contributed by atoms with van der Waals surface area (Å²) in [6.45, 7) is 10.00. The van der Waals surface area contributed by atoms with Crippen LogP contribution in [0.3, 0.4) is 0 Å². The molecule has 0 spiro atoms. The molecular formula is C19H26O. The fourth-order valence-electron chi connectivity index (χ4n) is 2.63. The molecule has 20 heavy (non-hydrogen) atoms. The van der Waals surface area contributed by atoms with Gasteiger partial charge in [-0.25, -0.2) is 0 Å². The van der Waals surface area contributed by atoms with Gasteiger partial charge < -0.3 is 4.79 Å². The maximum absolute atomic E-state index is 8.00. The van der Waals surface area contributed by atoms with Gasteiger partial charge in [-0.05, 0) is 30.4 Å². The van der Waals surface area contributed by atoms with Crippen molar-refractivity contribution in [2.45, 2.75) is 24.7 Å². The van der Waals surface area contributed by atoms with Gasteiger partial charge in [0.15, 0.2) is 0 Å². The Morgan fingerprint density at radius 3 is 2.35 bits per heavy atom. The summed E-state index contributed by atoms with van der Waals surface area (Å²) in [4.78, 5) is 8.00. The molecule has 0 saturated heterocycles. The van der Waals surface area contributed by atoms with E-state index in [1.807, 2.05) is 12.9 Å². The molecule has 0 fully saturated rings. The molecule has 0 N–H and O–H groups in total. The topological polar surface area (TPSA) is 17.1 Å². The Morgan fingerprint density at radius 2 is 1.85 bits per heavy atom. The van der Waals surface area contributed by atoms with Crippen LogP contribution in [0.25, 0.3) is 0 Å². The van der Waals surface area contributed by atoms with Gasteiger partial charge in [-0.3, -0.25) is 0 Å². The average Bonchev–Trinajstić information content (AvgIpc) is 2.56. The molecule has 1 aliphatic carbocycles. The predicted octanol–water partition coefficient (Wildman–Crippen LogP) is 5.27. The molecule has 0 aliphatic heterocycles. The zero-order valence-corrected chi connectivity index (χ0v) is 11.9. The van der Waals surface area contributed by atoms with Crippen molar-refractivity contribution in [3.05, 3.63) is 85.0 Å². The highest BCUT2D eigenvalue weighted by Crippen LogP contribution is 2.39. The Bertz CT molecular complexity index is 505. The van der Waals surface area contributed by atoms with Crippen molar-refractivity contribution in [3.63, 3.8) is 0 Å². The van der Waals surface area contributed by atoms with Gasteiger partial charge in [0.2, 0.25) is 0 Å². The van der Waals surface area contributed by atoms with Gasteiger partial charge in [0, 0.05) is 8.27 Å². The van der Waals surface area contributed by atoms with Gasteiger partial charge in [0.1, 0.15) is 6.79 Å². The van der Waals surface area contributed by atoms with E-state index in [4.69, 9.17) is 4.79 Å². The van der Waals surface area contributed by atoms with Crippen LogP contribution in [0.4, 0.5) is 0 Å². The third-order valence-electron chi connectivity index (χ3n) is 3.61. The summed E-state index contributed by atoms with van der Waals surface area (Å²) in [6, 6.07) is 10.6. The van der Waals surface area contributed by atoms with E-state index in [0.717, 1.165) is 19.3 Å². The summed E-state index contributed by atoms with van der Waals surface area (Å²) in [7, 11) is 0. The van der Waals surface area contributed by atoms with Crippen LogP contribution in [0.5, 0.6) is 0 Å². The zero-order valence-electron chi connectivity index (χ0n) is 11.9. The van der Waals surface area contributed by atoms with Gasteiger partial charge in [0.05, 0.1) is 0 Å². The molecule has 0 radical (unpaired) electrons. The lowest BCUT2D eigenvalue weighted by molar-refractivity contribution is -0.0979. The Kier molecular flexibility index (Phi) is 6.45. The summed E-state index contributed by atoms with van der Waals surface area (Å²) in [5.74, 6) is 0. The minimum atomic E-state index is -0.125. The molecule has 1 aromatic carbocycles. The summed E-state index contributed by atoms with van der Waals surface area (Å²) in [6.07, 6.45) is 14.0. The van der Waals surface area contributed by atoms with Gasteiger partial charge in [-0.1, -0.05) is 60.7 Å². The highest BCUT2D eigenvalue weighted by Gasteiger charge is 2.30. The quantitative estimate of drug-likeness (QED) is 0.666. The van der Waals surface area contributed by atoms with Crippen LogP contribution in [0.1, 0.15) is 27.7 Å². The van der Waals surface area contributed by atoms with Crippen LogP contribution >= 0.6 is 0 Å². The summed E-state index contributed by atoms with van der Waals surface area (Å²) in [5.41, 5.74) is 2.51. The lowest BCUT2D eigenvalue weighted by atomic mass is 9.70. The molecule has 0 aromatic heterocycles. The predicted molar refractivity (Wildman–Crippen MR) is 90.9 cm³/mol. The lowest BCUT2D eigenvalue weighted by Crippen LogP contribution is -2.25. The molecule has 0 amide bonds. The van der Waals surface area contributed by atoms with E-state index in [0.29, 0.717) is 0 Å². The van der Waals surface area contributed by atoms with Gasteiger partial charge in [0.25, 0.3) is 0 Å². The molecule has 1 aromatic rings. The van der Waals surface area contributed by atoms with Crippen LogP contribution in [-0.4, -0.2) is 6.79 Å². The number of rotatable bonds is 5. The normalized spacial score (nSPS) is 16.1. The molecule has 1 aliphatic rings. The monoisotopic (exact) mass is 270 g/mol. The van der Waals surface area contributed by atoms with Crippen LogP contribution in [0.2, 0.25) is 0 Å². The Labute approximate surface area is 125 Å². The van der Waals surface area contributed by atoms with Crippen molar-refractivity contribution in [3.8, 4) is 0 Å². The van der Waals surface area contributed by atoms with E-state index in [2.05, 4.69) is 67.8 Å². The number of benzene rings is 1. The van der Waals surface area contributed by atoms with Crippen molar-refractivity contribution in [1.82, 2.24) is 0 Å². The second kappa shape index (κ2) is 8.11. The van der Waals surface area contributed by atoms with Crippen LogP contribution in [-0.2, 0) is 10.2 Å². The van der Waals surface area contributed by atoms with E-state index in [1.54, 1.807) is 0 Å².